The van der Waals surface area contributed by atoms with E-state index in [0.717, 1.165) is 35.4 Å². The zero-order valence-corrected chi connectivity index (χ0v) is 15.4. The topological polar surface area (TPSA) is 67.9 Å². The summed E-state index contributed by atoms with van der Waals surface area (Å²) >= 11 is 0. The molecule has 3 heterocycles. The monoisotopic (exact) mass is 363 g/mol. The van der Waals surface area contributed by atoms with E-state index in [-0.39, 0.29) is 5.63 Å². The minimum atomic E-state index is -0.441. The van der Waals surface area contributed by atoms with Crippen molar-refractivity contribution < 1.29 is 9.25 Å². The number of benzene rings is 1. The van der Waals surface area contributed by atoms with Crippen LogP contribution in [0.3, 0.4) is 0 Å². The number of anilines is 1. The standard InChI is InChI=1S/C21H21N3O3/c1-3-24(4-2)16-8-7-14-10-17(21(25)26-19(14)11-16)20-12-18(23-27-20)15-6-5-9-22-13-15/h5-11,13,20H,3-4,12H2,1-2H3. The van der Waals surface area contributed by atoms with E-state index in [0.29, 0.717) is 17.6 Å². The number of oxime groups is 1. The molecule has 0 N–H and O–H groups in total. The van der Waals surface area contributed by atoms with Crippen LogP contribution in [0.15, 0.2) is 63.2 Å². The highest BCUT2D eigenvalue weighted by Gasteiger charge is 2.27. The van der Waals surface area contributed by atoms with Crippen molar-refractivity contribution in [1.82, 2.24) is 4.98 Å². The summed E-state index contributed by atoms with van der Waals surface area (Å²) in [6.45, 7) is 6.00. The highest BCUT2D eigenvalue weighted by atomic mass is 16.6. The molecule has 1 aliphatic heterocycles. The number of pyridine rings is 1. The van der Waals surface area contributed by atoms with Gasteiger partial charge in [-0.1, -0.05) is 5.16 Å². The number of fused-ring (bicyclic) bond motifs is 1. The molecule has 2 aromatic heterocycles. The van der Waals surface area contributed by atoms with E-state index >= 15 is 0 Å². The first kappa shape index (κ1) is 17.3. The summed E-state index contributed by atoms with van der Waals surface area (Å²) in [5.74, 6) is 0. The number of aromatic nitrogens is 1. The van der Waals surface area contributed by atoms with Gasteiger partial charge in [0.1, 0.15) is 5.58 Å². The van der Waals surface area contributed by atoms with Crippen LogP contribution in [0.25, 0.3) is 11.0 Å². The Bertz CT molecular complexity index is 1040. The molecule has 1 aromatic carbocycles. The van der Waals surface area contributed by atoms with Gasteiger partial charge in [-0.3, -0.25) is 4.98 Å². The SMILES string of the molecule is CCN(CC)c1ccc2cc(C3CC(c4cccnc4)=NO3)c(=O)oc2c1. The van der Waals surface area contributed by atoms with Crippen molar-refractivity contribution in [2.45, 2.75) is 26.4 Å². The zero-order valence-electron chi connectivity index (χ0n) is 15.4. The molecule has 3 aromatic rings. The molecule has 4 rings (SSSR count). The van der Waals surface area contributed by atoms with Crippen LogP contribution in [-0.4, -0.2) is 23.8 Å². The molecular formula is C21H21N3O3. The lowest BCUT2D eigenvalue weighted by Gasteiger charge is -2.21. The molecule has 0 saturated heterocycles. The molecular weight excluding hydrogens is 342 g/mol. The highest BCUT2D eigenvalue weighted by molar-refractivity contribution is 6.01. The lowest BCUT2D eigenvalue weighted by molar-refractivity contribution is 0.0833. The van der Waals surface area contributed by atoms with Crippen LogP contribution >= 0.6 is 0 Å². The number of hydrogen-bond donors (Lipinski definition) is 0. The molecule has 6 heteroatoms. The zero-order chi connectivity index (χ0) is 18.8. The molecule has 0 bridgehead atoms. The molecule has 0 saturated carbocycles. The predicted molar refractivity (Wildman–Crippen MR) is 105 cm³/mol. The van der Waals surface area contributed by atoms with Crippen molar-refractivity contribution in [3.63, 3.8) is 0 Å². The third-order valence-electron chi connectivity index (χ3n) is 4.89. The molecule has 1 aliphatic rings. The van der Waals surface area contributed by atoms with Gasteiger partial charge in [-0.2, -0.15) is 0 Å². The third kappa shape index (κ3) is 3.30. The van der Waals surface area contributed by atoms with Crippen LogP contribution in [0.2, 0.25) is 0 Å². The van der Waals surface area contributed by atoms with E-state index in [1.807, 2.05) is 36.4 Å². The average Bonchev–Trinajstić information content (AvgIpc) is 3.19. The Morgan fingerprint density at radius 2 is 2.04 bits per heavy atom. The maximum atomic E-state index is 12.6. The van der Waals surface area contributed by atoms with Gasteiger partial charge < -0.3 is 14.2 Å². The number of hydrogen-bond acceptors (Lipinski definition) is 6. The summed E-state index contributed by atoms with van der Waals surface area (Å²) < 4.78 is 5.60. The molecule has 6 nitrogen and oxygen atoms in total. The minimum Gasteiger partial charge on any atom is -0.422 e. The van der Waals surface area contributed by atoms with E-state index < -0.39 is 6.10 Å². The van der Waals surface area contributed by atoms with Crippen molar-refractivity contribution in [2.75, 3.05) is 18.0 Å². The first-order valence-electron chi connectivity index (χ1n) is 9.15. The van der Waals surface area contributed by atoms with Gasteiger partial charge in [0, 0.05) is 54.6 Å². The second-order valence-corrected chi connectivity index (χ2v) is 6.46. The Kier molecular flexibility index (Phi) is 4.62. The second-order valence-electron chi connectivity index (χ2n) is 6.46. The van der Waals surface area contributed by atoms with Crippen molar-refractivity contribution in [3.05, 3.63) is 70.3 Å². The van der Waals surface area contributed by atoms with Gasteiger partial charge in [0.05, 0.1) is 11.3 Å². The van der Waals surface area contributed by atoms with Gasteiger partial charge in [-0.05, 0) is 44.2 Å². The van der Waals surface area contributed by atoms with Gasteiger partial charge in [-0.25, -0.2) is 4.79 Å². The lowest BCUT2D eigenvalue weighted by Crippen LogP contribution is -2.21. The molecule has 0 amide bonds. The molecule has 27 heavy (non-hydrogen) atoms. The summed E-state index contributed by atoms with van der Waals surface area (Å²) in [5, 5.41) is 5.01. The molecule has 0 spiro atoms. The van der Waals surface area contributed by atoms with E-state index in [4.69, 9.17) is 9.25 Å². The molecule has 138 valence electrons. The normalized spacial score (nSPS) is 16.2. The Balaban J connectivity index is 1.63. The Morgan fingerprint density at radius 3 is 2.78 bits per heavy atom. The number of nitrogens with zero attached hydrogens (tertiary/aromatic N) is 3. The summed E-state index contributed by atoms with van der Waals surface area (Å²) in [5.41, 5.74) is 3.41. The van der Waals surface area contributed by atoms with Gasteiger partial charge >= 0.3 is 5.63 Å². The van der Waals surface area contributed by atoms with E-state index in [1.165, 1.54) is 0 Å². The van der Waals surface area contributed by atoms with Gasteiger partial charge in [-0.15, -0.1) is 0 Å². The van der Waals surface area contributed by atoms with E-state index in [2.05, 4.69) is 28.9 Å². The maximum Gasteiger partial charge on any atom is 0.343 e. The molecule has 0 fully saturated rings. The quantitative estimate of drug-likeness (QED) is 0.643. The van der Waals surface area contributed by atoms with Crippen LogP contribution in [0.1, 0.15) is 37.5 Å². The molecule has 1 atom stereocenters. The fraction of sp³-hybridized carbons (Fsp3) is 0.286. The Labute approximate surface area is 157 Å². The van der Waals surface area contributed by atoms with Crippen LogP contribution in [0.4, 0.5) is 5.69 Å². The first-order valence-corrected chi connectivity index (χ1v) is 9.15. The van der Waals surface area contributed by atoms with E-state index in [1.54, 1.807) is 12.4 Å². The highest BCUT2D eigenvalue weighted by Crippen LogP contribution is 2.30. The summed E-state index contributed by atoms with van der Waals surface area (Å²) in [7, 11) is 0. The van der Waals surface area contributed by atoms with Crippen LogP contribution in [0, 0.1) is 0 Å². The predicted octanol–water partition coefficient (Wildman–Crippen LogP) is 3.90. The van der Waals surface area contributed by atoms with Crippen LogP contribution in [-0.2, 0) is 4.84 Å². The van der Waals surface area contributed by atoms with Crippen molar-refractivity contribution in [3.8, 4) is 0 Å². The molecule has 0 aliphatic carbocycles. The Hall–Kier alpha value is -3.15. The van der Waals surface area contributed by atoms with Crippen LogP contribution in [0.5, 0.6) is 0 Å². The fourth-order valence-electron chi connectivity index (χ4n) is 3.37. The first-order chi connectivity index (χ1) is 13.2. The summed E-state index contributed by atoms with van der Waals surface area (Å²) in [4.78, 5) is 24.4. The largest absolute Gasteiger partial charge is 0.422 e. The lowest BCUT2D eigenvalue weighted by atomic mass is 10.0. The Morgan fingerprint density at radius 1 is 1.19 bits per heavy atom. The second kappa shape index (κ2) is 7.23. The van der Waals surface area contributed by atoms with E-state index in [9.17, 15) is 4.79 Å². The average molecular weight is 363 g/mol. The van der Waals surface area contributed by atoms with Crippen molar-refractivity contribution in [1.29, 1.82) is 0 Å². The fourth-order valence-corrected chi connectivity index (χ4v) is 3.37. The van der Waals surface area contributed by atoms with Gasteiger partial charge in [0.15, 0.2) is 6.10 Å². The van der Waals surface area contributed by atoms with Gasteiger partial charge in [0.25, 0.3) is 0 Å². The van der Waals surface area contributed by atoms with Crippen molar-refractivity contribution in [2.24, 2.45) is 5.16 Å². The van der Waals surface area contributed by atoms with Gasteiger partial charge in [0.2, 0.25) is 0 Å². The summed E-state index contributed by atoms with van der Waals surface area (Å²) in [6, 6.07) is 11.6. The maximum absolute atomic E-state index is 12.6. The number of rotatable bonds is 5. The molecule has 0 radical (unpaired) electrons. The third-order valence-corrected chi connectivity index (χ3v) is 4.89. The molecule has 1 unspecified atom stereocenters. The smallest absolute Gasteiger partial charge is 0.343 e. The minimum absolute atomic E-state index is 0.383. The van der Waals surface area contributed by atoms with Crippen molar-refractivity contribution >= 4 is 22.4 Å². The van der Waals surface area contributed by atoms with Crippen LogP contribution < -0.4 is 10.5 Å². The summed E-state index contributed by atoms with van der Waals surface area (Å²) in [6.07, 6.45) is 3.52.